The van der Waals surface area contributed by atoms with Gasteiger partial charge in [0.15, 0.2) is 0 Å². The summed E-state index contributed by atoms with van der Waals surface area (Å²) in [7, 11) is 0. The Labute approximate surface area is 124 Å². The lowest BCUT2D eigenvalue weighted by molar-refractivity contribution is 0.100. The zero-order chi connectivity index (χ0) is 15.1. The third kappa shape index (κ3) is 4.53. The Balaban J connectivity index is 1.94. The lowest BCUT2D eigenvalue weighted by Gasteiger charge is -2.09. The van der Waals surface area contributed by atoms with Gasteiger partial charge in [0.05, 0.1) is 6.61 Å². The van der Waals surface area contributed by atoms with E-state index in [0.29, 0.717) is 12.1 Å². The normalized spacial score (nSPS) is 10.1. The fourth-order valence-corrected chi connectivity index (χ4v) is 1.92. The highest BCUT2D eigenvalue weighted by atomic mass is 16.5. The number of carbonyl (C=O) groups is 1. The summed E-state index contributed by atoms with van der Waals surface area (Å²) in [5.74, 6) is 0.475. The van der Waals surface area contributed by atoms with Gasteiger partial charge in [0, 0.05) is 17.8 Å². The van der Waals surface area contributed by atoms with Crippen LogP contribution in [-0.4, -0.2) is 12.5 Å². The molecular formula is C17H20N2O2. The maximum absolute atomic E-state index is 11.0. The summed E-state index contributed by atoms with van der Waals surface area (Å²) in [6.07, 6.45) is 0.995. The van der Waals surface area contributed by atoms with Crippen LogP contribution in [0.15, 0.2) is 48.5 Å². The second-order valence-electron chi connectivity index (χ2n) is 4.79. The molecule has 21 heavy (non-hydrogen) atoms. The van der Waals surface area contributed by atoms with Crippen molar-refractivity contribution in [3.63, 3.8) is 0 Å². The second-order valence-corrected chi connectivity index (χ2v) is 4.79. The number of hydrogen-bond acceptors (Lipinski definition) is 3. The van der Waals surface area contributed by atoms with Crippen LogP contribution in [0.25, 0.3) is 0 Å². The van der Waals surface area contributed by atoms with Gasteiger partial charge in [-0.15, -0.1) is 0 Å². The number of hydrogen-bond donors (Lipinski definition) is 2. The van der Waals surface area contributed by atoms with Crippen molar-refractivity contribution in [1.82, 2.24) is 0 Å². The highest BCUT2D eigenvalue weighted by Crippen LogP contribution is 2.16. The Morgan fingerprint density at radius 2 is 1.95 bits per heavy atom. The minimum atomic E-state index is -0.415. The molecule has 0 heterocycles. The molecule has 0 fully saturated rings. The van der Waals surface area contributed by atoms with Gasteiger partial charge in [-0.3, -0.25) is 4.79 Å². The van der Waals surface area contributed by atoms with Crippen LogP contribution in [-0.2, 0) is 6.54 Å². The third-order valence-electron chi connectivity index (χ3n) is 3.04. The van der Waals surface area contributed by atoms with E-state index in [-0.39, 0.29) is 0 Å². The third-order valence-corrected chi connectivity index (χ3v) is 3.04. The summed E-state index contributed by atoms with van der Waals surface area (Å²) < 4.78 is 5.61. The first kappa shape index (κ1) is 14.9. The minimum absolute atomic E-state index is 0.415. The van der Waals surface area contributed by atoms with Crippen molar-refractivity contribution in [2.24, 2.45) is 5.73 Å². The molecule has 0 unspecified atom stereocenters. The van der Waals surface area contributed by atoms with Crippen molar-refractivity contribution in [1.29, 1.82) is 0 Å². The predicted octanol–water partition coefficient (Wildman–Crippen LogP) is 3.19. The van der Waals surface area contributed by atoms with Gasteiger partial charge < -0.3 is 15.8 Å². The molecule has 0 radical (unpaired) electrons. The molecule has 0 atom stereocenters. The molecule has 0 saturated heterocycles. The molecule has 4 heteroatoms. The first-order valence-electron chi connectivity index (χ1n) is 7.04. The van der Waals surface area contributed by atoms with Gasteiger partial charge in [-0.05, 0) is 48.4 Å². The molecule has 110 valence electrons. The van der Waals surface area contributed by atoms with Gasteiger partial charge in [0.2, 0.25) is 5.91 Å². The number of rotatable bonds is 7. The van der Waals surface area contributed by atoms with E-state index in [1.807, 2.05) is 36.4 Å². The molecule has 2 rings (SSSR count). The van der Waals surface area contributed by atoms with Crippen molar-refractivity contribution in [2.75, 3.05) is 11.9 Å². The second kappa shape index (κ2) is 7.33. The standard InChI is InChI=1S/C17H20N2O2/c1-2-10-21-16-5-3-4-13(11-16)12-19-15-8-6-14(7-9-15)17(18)20/h3-9,11,19H,2,10,12H2,1H3,(H2,18,20). The maximum Gasteiger partial charge on any atom is 0.248 e. The highest BCUT2D eigenvalue weighted by Gasteiger charge is 2.00. The molecular weight excluding hydrogens is 264 g/mol. The minimum Gasteiger partial charge on any atom is -0.494 e. The molecule has 2 aromatic rings. The number of benzene rings is 2. The van der Waals surface area contributed by atoms with Crippen LogP contribution in [0, 0.1) is 0 Å². The van der Waals surface area contributed by atoms with Gasteiger partial charge in [0.25, 0.3) is 0 Å². The van der Waals surface area contributed by atoms with Gasteiger partial charge in [-0.2, -0.15) is 0 Å². The summed E-state index contributed by atoms with van der Waals surface area (Å²) in [5, 5.41) is 3.30. The number of primary amides is 1. The fraction of sp³-hybridized carbons (Fsp3) is 0.235. The largest absolute Gasteiger partial charge is 0.494 e. The van der Waals surface area contributed by atoms with Crippen molar-refractivity contribution in [3.8, 4) is 5.75 Å². The van der Waals surface area contributed by atoms with E-state index >= 15 is 0 Å². The molecule has 0 aliphatic carbocycles. The molecule has 0 bridgehead atoms. The molecule has 4 nitrogen and oxygen atoms in total. The van der Waals surface area contributed by atoms with Crippen molar-refractivity contribution in [2.45, 2.75) is 19.9 Å². The van der Waals surface area contributed by atoms with E-state index in [1.165, 1.54) is 0 Å². The molecule has 0 saturated carbocycles. The number of nitrogens with one attached hydrogen (secondary N) is 1. The summed E-state index contributed by atoms with van der Waals surface area (Å²) >= 11 is 0. The number of nitrogens with two attached hydrogens (primary N) is 1. The highest BCUT2D eigenvalue weighted by molar-refractivity contribution is 5.93. The summed E-state index contributed by atoms with van der Waals surface area (Å²) in [6, 6.07) is 15.1. The predicted molar refractivity (Wildman–Crippen MR) is 84.5 cm³/mol. The van der Waals surface area contributed by atoms with Crippen LogP contribution in [0.5, 0.6) is 5.75 Å². The van der Waals surface area contributed by atoms with E-state index in [4.69, 9.17) is 10.5 Å². The number of amides is 1. The van der Waals surface area contributed by atoms with Crippen LogP contribution >= 0.6 is 0 Å². The molecule has 0 aliphatic rings. The van der Waals surface area contributed by atoms with Gasteiger partial charge in [0.1, 0.15) is 5.75 Å². The van der Waals surface area contributed by atoms with Crippen molar-refractivity contribution in [3.05, 3.63) is 59.7 Å². The van der Waals surface area contributed by atoms with E-state index in [0.717, 1.165) is 30.0 Å². The van der Waals surface area contributed by atoms with Crippen molar-refractivity contribution >= 4 is 11.6 Å². The Morgan fingerprint density at radius 3 is 2.62 bits per heavy atom. The van der Waals surface area contributed by atoms with Crippen LogP contribution in [0.3, 0.4) is 0 Å². The smallest absolute Gasteiger partial charge is 0.248 e. The lowest BCUT2D eigenvalue weighted by atomic mass is 10.2. The van der Waals surface area contributed by atoms with E-state index in [2.05, 4.69) is 12.2 Å². The molecule has 0 spiro atoms. The number of anilines is 1. The van der Waals surface area contributed by atoms with Crippen LogP contribution < -0.4 is 15.8 Å². The van der Waals surface area contributed by atoms with Crippen LogP contribution in [0.4, 0.5) is 5.69 Å². The monoisotopic (exact) mass is 284 g/mol. The first-order chi connectivity index (χ1) is 10.2. The molecule has 3 N–H and O–H groups in total. The Bertz CT molecular complexity index is 594. The maximum atomic E-state index is 11.0. The fourth-order valence-electron chi connectivity index (χ4n) is 1.92. The van der Waals surface area contributed by atoms with Gasteiger partial charge in [-0.25, -0.2) is 0 Å². The van der Waals surface area contributed by atoms with Gasteiger partial charge >= 0.3 is 0 Å². The number of ether oxygens (including phenoxy) is 1. The van der Waals surface area contributed by atoms with E-state index in [1.54, 1.807) is 12.1 Å². The van der Waals surface area contributed by atoms with Gasteiger partial charge in [-0.1, -0.05) is 19.1 Å². The summed E-state index contributed by atoms with van der Waals surface area (Å²) in [4.78, 5) is 11.0. The van der Waals surface area contributed by atoms with E-state index < -0.39 is 5.91 Å². The average Bonchev–Trinajstić information content (AvgIpc) is 2.52. The molecule has 2 aromatic carbocycles. The first-order valence-corrected chi connectivity index (χ1v) is 7.04. The topological polar surface area (TPSA) is 64.3 Å². The SMILES string of the molecule is CCCOc1cccc(CNc2ccc(C(N)=O)cc2)c1. The Hall–Kier alpha value is -2.49. The van der Waals surface area contributed by atoms with Crippen LogP contribution in [0.1, 0.15) is 29.3 Å². The summed E-state index contributed by atoms with van der Waals surface area (Å²) in [5.41, 5.74) is 7.81. The van der Waals surface area contributed by atoms with Crippen molar-refractivity contribution < 1.29 is 9.53 Å². The number of carbonyl (C=O) groups excluding carboxylic acids is 1. The zero-order valence-electron chi connectivity index (χ0n) is 12.1. The molecule has 0 aliphatic heterocycles. The quantitative estimate of drug-likeness (QED) is 0.820. The molecule has 0 aromatic heterocycles. The zero-order valence-corrected chi connectivity index (χ0v) is 12.1. The lowest BCUT2D eigenvalue weighted by Crippen LogP contribution is -2.10. The van der Waals surface area contributed by atoms with E-state index in [9.17, 15) is 4.79 Å². The molecule has 1 amide bonds. The summed E-state index contributed by atoms with van der Waals surface area (Å²) in [6.45, 7) is 3.51. The Morgan fingerprint density at radius 1 is 1.19 bits per heavy atom. The van der Waals surface area contributed by atoms with Crippen LogP contribution in [0.2, 0.25) is 0 Å². The average molecular weight is 284 g/mol. The Kier molecular flexibility index (Phi) is 5.21.